The standard InChI is InChI=1S/C13H9ClFNO3/c14-10-9(15)4-3-7-11(10)16(6-1-2-6)5-8(12(7)17)13(18)19/h3-6H,1-2H2,(H,18,19). The minimum absolute atomic E-state index is 0.0838. The second-order valence-corrected chi connectivity index (χ2v) is 4.95. The summed E-state index contributed by atoms with van der Waals surface area (Å²) in [6.45, 7) is 0. The number of fused-ring (bicyclic) bond motifs is 1. The molecule has 1 N–H and O–H groups in total. The van der Waals surface area contributed by atoms with Crippen molar-refractivity contribution in [2.24, 2.45) is 0 Å². The molecule has 0 unspecified atom stereocenters. The summed E-state index contributed by atoms with van der Waals surface area (Å²) in [5.41, 5.74) is -0.678. The lowest BCUT2D eigenvalue weighted by Crippen LogP contribution is -2.19. The number of carbonyl (C=O) groups is 1. The Morgan fingerprint density at radius 2 is 2.11 bits per heavy atom. The zero-order valence-corrected chi connectivity index (χ0v) is 10.4. The van der Waals surface area contributed by atoms with Gasteiger partial charge in [-0.25, -0.2) is 9.18 Å². The largest absolute Gasteiger partial charge is 0.477 e. The Labute approximate surface area is 112 Å². The van der Waals surface area contributed by atoms with Gasteiger partial charge in [-0.2, -0.15) is 0 Å². The average molecular weight is 282 g/mol. The molecule has 19 heavy (non-hydrogen) atoms. The van der Waals surface area contributed by atoms with E-state index in [4.69, 9.17) is 16.7 Å². The highest BCUT2D eigenvalue weighted by Gasteiger charge is 2.28. The van der Waals surface area contributed by atoms with Gasteiger partial charge >= 0.3 is 5.97 Å². The Morgan fingerprint density at radius 3 is 2.68 bits per heavy atom. The number of pyridine rings is 1. The Kier molecular flexibility index (Phi) is 2.60. The van der Waals surface area contributed by atoms with Crippen LogP contribution in [0, 0.1) is 5.82 Å². The van der Waals surface area contributed by atoms with E-state index in [9.17, 15) is 14.0 Å². The van der Waals surface area contributed by atoms with Crippen LogP contribution in [0.3, 0.4) is 0 Å². The lowest BCUT2D eigenvalue weighted by Gasteiger charge is -2.12. The number of rotatable bonds is 2. The maximum atomic E-state index is 13.5. The van der Waals surface area contributed by atoms with Crippen LogP contribution in [0.25, 0.3) is 10.9 Å². The van der Waals surface area contributed by atoms with Gasteiger partial charge in [0, 0.05) is 17.6 Å². The Balaban J connectivity index is 2.49. The van der Waals surface area contributed by atoms with Crippen LogP contribution in [-0.2, 0) is 0 Å². The van der Waals surface area contributed by atoms with Gasteiger partial charge in [0.25, 0.3) is 0 Å². The molecule has 0 atom stereocenters. The van der Waals surface area contributed by atoms with Crippen LogP contribution in [0.2, 0.25) is 5.02 Å². The maximum absolute atomic E-state index is 13.5. The number of nitrogens with zero attached hydrogens (tertiary/aromatic N) is 1. The molecular formula is C13H9ClFNO3. The molecule has 0 amide bonds. The zero-order chi connectivity index (χ0) is 13.7. The molecular weight excluding hydrogens is 273 g/mol. The summed E-state index contributed by atoms with van der Waals surface area (Å²) in [6, 6.07) is 2.44. The fourth-order valence-corrected chi connectivity index (χ4v) is 2.44. The molecule has 1 aromatic carbocycles. The number of aromatic nitrogens is 1. The third-order valence-corrected chi connectivity index (χ3v) is 3.61. The fourth-order valence-electron chi connectivity index (χ4n) is 2.18. The first-order valence-electron chi connectivity index (χ1n) is 5.77. The minimum atomic E-state index is -1.29. The lowest BCUT2D eigenvalue weighted by atomic mass is 10.1. The number of hydrogen-bond donors (Lipinski definition) is 1. The summed E-state index contributed by atoms with van der Waals surface area (Å²) in [5, 5.41) is 9.05. The Morgan fingerprint density at radius 1 is 1.42 bits per heavy atom. The first-order chi connectivity index (χ1) is 9.00. The molecule has 1 aliphatic carbocycles. The molecule has 2 aromatic rings. The Hall–Kier alpha value is -1.88. The molecule has 0 saturated heterocycles. The van der Waals surface area contributed by atoms with E-state index in [0.29, 0.717) is 0 Å². The molecule has 1 saturated carbocycles. The molecule has 1 aromatic heterocycles. The second-order valence-electron chi connectivity index (χ2n) is 4.57. The predicted molar refractivity (Wildman–Crippen MR) is 68.4 cm³/mol. The monoisotopic (exact) mass is 281 g/mol. The molecule has 0 radical (unpaired) electrons. The highest BCUT2D eigenvalue weighted by atomic mass is 35.5. The van der Waals surface area contributed by atoms with Crippen molar-refractivity contribution in [3.8, 4) is 0 Å². The lowest BCUT2D eigenvalue weighted by molar-refractivity contribution is 0.0695. The van der Waals surface area contributed by atoms with Gasteiger partial charge in [0.1, 0.15) is 16.4 Å². The van der Waals surface area contributed by atoms with Crippen molar-refractivity contribution in [2.75, 3.05) is 0 Å². The minimum Gasteiger partial charge on any atom is -0.477 e. The van der Waals surface area contributed by atoms with Crippen LogP contribution in [-0.4, -0.2) is 15.6 Å². The van der Waals surface area contributed by atoms with E-state index in [2.05, 4.69) is 0 Å². The van der Waals surface area contributed by atoms with Gasteiger partial charge in [0.2, 0.25) is 5.43 Å². The molecule has 4 nitrogen and oxygen atoms in total. The zero-order valence-electron chi connectivity index (χ0n) is 9.69. The normalized spacial score (nSPS) is 14.8. The van der Waals surface area contributed by atoms with E-state index in [1.165, 1.54) is 12.3 Å². The van der Waals surface area contributed by atoms with Gasteiger partial charge in [-0.1, -0.05) is 11.6 Å². The SMILES string of the molecule is O=C(O)c1cn(C2CC2)c2c(Cl)c(F)ccc2c1=O. The third-order valence-electron chi connectivity index (χ3n) is 3.26. The van der Waals surface area contributed by atoms with Crippen molar-refractivity contribution >= 4 is 28.5 Å². The van der Waals surface area contributed by atoms with Crippen molar-refractivity contribution in [3.05, 3.63) is 45.0 Å². The molecule has 1 heterocycles. The summed E-state index contributed by atoms with van der Waals surface area (Å²) in [6.07, 6.45) is 2.99. The smallest absolute Gasteiger partial charge is 0.341 e. The number of hydrogen-bond acceptors (Lipinski definition) is 2. The molecule has 0 bridgehead atoms. The summed E-state index contributed by atoms with van der Waals surface area (Å²) < 4.78 is 15.1. The molecule has 6 heteroatoms. The van der Waals surface area contributed by atoms with Gasteiger partial charge in [-0.3, -0.25) is 4.79 Å². The van der Waals surface area contributed by atoms with E-state index >= 15 is 0 Å². The average Bonchev–Trinajstić information content (AvgIpc) is 3.18. The Bertz CT molecular complexity index is 765. The van der Waals surface area contributed by atoms with Crippen LogP contribution in [0.1, 0.15) is 29.2 Å². The van der Waals surface area contributed by atoms with Crippen LogP contribution in [0.4, 0.5) is 4.39 Å². The van der Waals surface area contributed by atoms with Crippen LogP contribution >= 0.6 is 11.6 Å². The first-order valence-corrected chi connectivity index (χ1v) is 6.14. The molecule has 0 aliphatic heterocycles. The number of benzene rings is 1. The summed E-state index contributed by atoms with van der Waals surface area (Å²) in [5.74, 6) is -1.91. The van der Waals surface area contributed by atoms with Gasteiger partial charge in [-0.05, 0) is 25.0 Å². The summed E-state index contributed by atoms with van der Waals surface area (Å²) in [7, 11) is 0. The second kappa shape index (κ2) is 4.06. The van der Waals surface area contributed by atoms with E-state index in [0.717, 1.165) is 18.9 Å². The van der Waals surface area contributed by atoms with Crippen molar-refractivity contribution in [2.45, 2.75) is 18.9 Å². The van der Waals surface area contributed by atoms with E-state index in [-0.39, 0.29) is 27.5 Å². The summed E-state index contributed by atoms with van der Waals surface area (Å²) >= 11 is 5.92. The van der Waals surface area contributed by atoms with Crippen molar-refractivity contribution in [1.82, 2.24) is 4.57 Å². The third kappa shape index (κ3) is 1.81. The van der Waals surface area contributed by atoms with E-state index < -0.39 is 17.2 Å². The van der Waals surface area contributed by atoms with Gasteiger partial charge in [0.05, 0.1) is 5.52 Å². The molecule has 3 rings (SSSR count). The van der Waals surface area contributed by atoms with Gasteiger partial charge < -0.3 is 9.67 Å². The van der Waals surface area contributed by atoms with Crippen LogP contribution < -0.4 is 5.43 Å². The molecule has 1 aliphatic rings. The number of carboxylic acid groups (broad SMARTS) is 1. The highest BCUT2D eigenvalue weighted by molar-refractivity contribution is 6.35. The van der Waals surface area contributed by atoms with Crippen LogP contribution in [0.5, 0.6) is 0 Å². The highest BCUT2D eigenvalue weighted by Crippen LogP contribution is 2.39. The molecule has 98 valence electrons. The summed E-state index contributed by atoms with van der Waals surface area (Å²) in [4.78, 5) is 23.1. The number of carboxylic acids is 1. The van der Waals surface area contributed by atoms with Gasteiger partial charge in [0.15, 0.2) is 0 Å². The van der Waals surface area contributed by atoms with Crippen LogP contribution in [0.15, 0.2) is 23.1 Å². The first kappa shape index (κ1) is 12.2. The topological polar surface area (TPSA) is 59.3 Å². The predicted octanol–water partition coefficient (Wildman–Crippen LogP) is 2.83. The van der Waals surface area contributed by atoms with Crippen molar-refractivity contribution < 1.29 is 14.3 Å². The van der Waals surface area contributed by atoms with Crippen molar-refractivity contribution in [3.63, 3.8) is 0 Å². The number of halogens is 2. The quantitative estimate of drug-likeness (QED) is 0.921. The van der Waals surface area contributed by atoms with Gasteiger partial charge in [-0.15, -0.1) is 0 Å². The maximum Gasteiger partial charge on any atom is 0.341 e. The van der Waals surface area contributed by atoms with E-state index in [1.54, 1.807) is 4.57 Å². The molecule has 1 fully saturated rings. The fraction of sp³-hybridized carbons (Fsp3) is 0.231. The molecule has 0 spiro atoms. The van der Waals surface area contributed by atoms with E-state index in [1.807, 2.05) is 0 Å². The number of aromatic carboxylic acids is 1. The van der Waals surface area contributed by atoms with Crippen molar-refractivity contribution in [1.29, 1.82) is 0 Å².